The average Bonchev–Trinajstić information content (AvgIpc) is 2.86. The summed E-state index contributed by atoms with van der Waals surface area (Å²) >= 11 is 0. The van der Waals surface area contributed by atoms with Crippen molar-refractivity contribution in [2.45, 2.75) is 39.2 Å². The minimum Gasteiger partial charge on any atom is -0.493 e. The van der Waals surface area contributed by atoms with Crippen LogP contribution in [0.5, 0.6) is 11.5 Å². The first kappa shape index (κ1) is 25.6. The number of methoxy groups -OCH3 is 2. The summed E-state index contributed by atoms with van der Waals surface area (Å²) in [5.74, 6) is -0.133. The molecule has 0 radical (unpaired) electrons. The highest BCUT2D eigenvalue weighted by Gasteiger charge is 2.33. The van der Waals surface area contributed by atoms with Crippen LogP contribution in [0.15, 0.2) is 53.7 Å². The molecule has 0 bridgehead atoms. The van der Waals surface area contributed by atoms with Gasteiger partial charge in [-0.3, -0.25) is 4.79 Å². The fourth-order valence-corrected chi connectivity index (χ4v) is 3.73. The highest BCUT2D eigenvalue weighted by atomic mass is 16.5. The lowest BCUT2D eigenvalue weighted by atomic mass is 9.93. The molecular formula is C26H31N3O6. The molecule has 1 aliphatic rings. The van der Waals surface area contributed by atoms with E-state index in [1.54, 1.807) is 18.2 Å². The Hall–Kier alpha value is -4.01. The van der Waals surface area contributed by atoms with Crippen molar-refractivity contribution in [1.82, 2.24) is 10.6 Å². The molecule has 0 aromatic heterocycles. The lowest BCUT2D eigenvalue weighted by molar-refractivity contribution is -0.136. The number of hydrogen-bond acceptors (Lipinski definition) is 6. The summed E-state index contributed by atoms with van der Waals surface area (Å²) in [5, 5.41) is 8.30. The van der Waals surface area contributed by atoms with E-state index < -0.39 is 18.0 Å². The van der Waals surface area contributed by atoms with E-state index >= 15 is 0 Å². The predicted octanol–water partition coefficient (Wildman–Crippen LogP) is 3.99. The van der Waals surface area contributed by atoms with Gasteiger partial charge in [-0.15, -0.1) is 0 Å². The van der Waals surface area contributed by atoms with Crippen molar-refractivity contribution in [2.24, 2.45) is 0 Å². The fraction of sp³-hybridized carbons (Fsp3) is 0.346. The first-order chi connectivity index (χ1) is 16.9. The number of unbranched alkanes of at least 4 members (excludes halogenated alkanes) is 1. The lowest BCUT2D eigenvalue weighted by Gasteiger charge is -2.29. The Morgan fingerprint density at radius 2 is 1.80 bits per heavy atom. The Morgan fingerprint density at radius 1 is 1.06 bits per heavy atom. The Morgan fingerprint density at radius 3 is 2.46 bits per heavy atom. The molecule has 0 saturated heterocycles. The van der Waals surface area contributed by atoms with Gasteiger partial charge in [-0.05, 0) is 49.6 Å². The number of urea groups is 1. The number of carbonyl (C=O) groups is 3. The van der Waals surface area contributed by atoms with E-state index in [1.807, 2.05) is 38.1 Å². The molecule has 2 aromatic rings. The number of aryl methyl sites for hydroxylation is 1. The van der Waals surface area contributed by atoms with Crippen molar-refractivity contribution in [3.8, 4) is 11.5 Å². The van der Waals surface area contributed by atoms with Crippen molar-refractivity contribution < 1.29 is 28.6 Å². The third kappa shape index (κ3) is 6.53. The van der Waals surface area contributed by atoms with Crippen LogP contribution in [-0.4, -0.2) is 38.7 Å². The number of hydrogen-bond donors (Lipinski definition) is 3. The molecule has 1 aliphatic heterocycles. The van der Waals surface area contributed by atoms with Crippen LogP contribution in [0, 0.1) is 6.92 Å². The fourth-order valence-electron chi connectivity index (χ4n) is 3.73. The highest BCUT2D eigenvalue weighted by Crippen LogP contribution is 2.35. The van der Waals surface area contributed by atoms with Gasteiger partial charge in [0.25, 0.3) is 5.91 Å². The molecule has 0 fully saturated rings. The number of carbonyl (C=O) groups excluding carboxylic acids is 3. The standard InChI is InChI=1S/C26H31N3O6/c1-5-6-7-19-23(25(31)34-4)24(29-26(32)28-19)17-10-13-20(21(14-17)33-3)35-15-22(30)27-18-11-8-16(2)9-12-18/h8-14,24H,5-7,15H2,1-4H3,(H,27,30)(H2,28,29,32). The lowest BCUT2D eigenvalue weighted by Crippen LogP contribution is -2.45. The van der Waals surface area contributed by atoms with Crippen molar-refractivity contribution in [3.63, 3.8) is 0 Å². The molecule has 1 atom stereocenters. The summed E-state index contributed by atoms with van der Waals surface area (Å²) in [6, 6.07) is 11.3. The van der Waals surface area contributed by atoms with Crippen LogP contribution < -0.4 is 25.4 Å². The topological polar surface area (TPSA) is 115 Å². The third-order valence-corrected chi connectivity index (χ3v) is 5.55. The van der Waals surface area contributed by atoms with Crippen LogP contribution in [0.3, 0.4) is 0 Å². The van der Waals surface area contributed by atoms with E-state index in [0.29, 0.717) is 40.4 Å². The second-order valence-corrected chi connectivity index (χ2v) is 8.13. The van der Waals surface area contributed by atoms with Crippen LogP contribution in [-0.2, 0) is 14.3 Å². The highest BCUT2D eigenvalue weighted by molar-refractivity contribution is 5.95. The van der Waals surface area contributed by atoms with Crippen LogP contribution in [0.1, 0.15) is 43.4 Å². The summed E-state index contributed by atoms with van der Waals surface area (Å²) < 4.78 is 16.1. The summed E-state index contributed by atoms with van der Waals surface area (Å²) in [6.45, 7) is 3.78. The average molecular weight is 482 g/mol. The van der Waals surface area contributed by atoms with Gasteiger partial charge in [-0.2, -0.15) is 0 Å². The molecule has 0 spiro atoms. The van der Waals surface area contributed by atoms with Gasteiger partial charge in [-0.25, -0.2) is 9.59 Å². The van der Waals surface area contributed by atoms with Crippen LogP contribution in [0.4, 0.5) is 10.5 Å². The zero-order chi connectivity index (χ0) is 25.4. The monoisotopic (exact) mass is 481 g/mol. The molecular weight excluding hydrogens is 450 g/mol. The molecule has 35 heavy (non-hydrogen) atoms. The smallest absolute Gasteiger partial charge is 0.337 e. The maximum atomic E-state index is 12.6. The molecule has 3 rings (SSSR count). The molecule has 9 heteroatoms. The Bertz CT molecular complexity index is 1110. The van der Waals surface area contributed by atoms with Crippen LogP contribution in [0.25, 0.3) is 0 Å². The molecule has 2 aromatic carbocycles. The van der Waals surface area contributed by atoms with E-state index in [-0.39, 0.29) is 12.5 Å². The Kier molecular flexibility index (Phi) is 8.72. The molecule has 3 amide bonds. The van der Waals surface area contributed by atoms with E-state index in [0.717, 1.165) is 18.4 Å². The van der Waals surface area contributed by atoms with Gasteiger partial charge in [-0.1, -0.05) is 37.1 Å². The maximum Gasteiger partial charge on any atom is 0.337 e. The number of rotatable bonds is 10. The minimum absolute atomic E-state index is 0.220. The minimum atomic E-state index is -0.726. The third-order valence-electron chi connectivity index (χ3n) is 5.55. The van der Waals surface area contributed by atoms with Gasteiger partial charge in [0, 0.05) is 11.4 Å². The van der Waals surface area contributed by atoms with Crippen molar-refractivity contribution in [3.05, 3.63) is 64.9 Å². The van der Waals surface area contributed by atoms with Gasteiger partial charge < -0.3 is 30.2 Å². The molecule has 0 aliphatic carbocycles. The van der Waals surface area contributed by atoms with E-state index in [9.17, 15) is 14.4 Å². The second-order valence-electron chi connectivity index (χ2n) is 8.13. The first-order valence-corrected chi connectivity index (χ1v) is 11.4. The Balaban J connectivity index is 1.80. The SMILES string of the molecule is CCCCC1=C(C(=O)OC)C(c2ccc(OCC(=O)Nc3ccc(C)cc3)c(OC)c2)NC(=O)N1. The van der Waals surface area contributed by atoms with Gasteiger partial charge in [0.15, 0.2) is 18.1 Å². The van der Waals surface area contributed by atoms with Crippen LogP contribution >= 0.6 is 0 Å². The van der Waals surface area contributed by atoms with E-state index in [2.05, 4.69) is 16.0 Å². The summed E-state index contributed by atoms with van der Waals surface area (Å²) in [5.41, 5.74) is 3.27. The van der Waals surface area contributed by atoms with Crippen LogP contribution in [0.2, 0.25) is 0 Å². The largest absolute Gasteiger partial charge is 0.493 e. The van der Waals surface area contributed by atoms with Gasteiger partial charge in [0.2, 0.25) is 0 Å². The number of nitrogens with one attached hydrogen (secondary N) is 3. The van der Waals surface area contributed by atoms with Crippen molar-refractivity contribution in [2.75, 3.05) is 26.1 Å². The number of allylic oxidation sites excluding steroid dienone is 1. The zero-order valence-corrected chi connectivity index (χ0v) is 20.4. The molecule has 3 N–H and O–H groups in total. The van der Waals surface area contributed by atoms with E-state index in [4.69, 9.17) is 14.2 Å². The Labute approximate surface area is 204 Å². The predicted molar refractivity (Wildman–Crippen MR) is 131 cm³/mol. The van der Waals surface area contributed by atoms with Crippen molar-refractivity contribution >= 4 is 23.6 Å². The quantitative estimate of drug-likeness (QED) is 0.442. The number of esters is 1. The number of anilines is 1. The molecule has 0 saturated carbocycles. The second kappa shape index (κ2) is 11.9. The maximum absolute atomic E-state index is 12.6. The van der Waals surface area contributed by atoms with Gasteiger partial charge in [0.05, 0.1) is 25.8 Å². The summed E-state index contributed by atoms with van der Waals surface area (Å²) in [4.78, 5) is 37.3. The molecule has 186 valence electrons. The number of ether oxygens (including phenoxy) is 3. The van der Waals surface area contributed by atoms with Crippen molar-refractivity contribution in [1.29, 1.82) is 0 Å². The van der Waals surface area contributed by atoms with Gasteiger partial charge >= 0.3 is 12.0 Å². The summed E-state index contributed by atoms with van der Waals surface area (Å²) in [7, 11) is 2.78. The number of benzene rings is 2. The molecule has 9 nitrogen and oxygen atoms in total. The first-order valence-electron chi connectivity index (χ1n) is 11.4. The summed E-state index contributed by atoms with van der Waals surface area (Å²) in [6.07, 6.45) is 2.26. The zero-order valence-electron chi connectivity index (χ0n) is 20.4. The van der Waals surface area contributed by atoms with E-state index in [1.165, 1.54) is 14.2 Å². The normalized spacial score (nSPS) is 15.1. The molecule has 1 heterocycles. The number of amides is 3. The van der Waals surface area contributed by atoms with Gasteiger partial charge in [0.1, 0.15) is 0 Å². The molecule has 1 unspecified atom stereocenters.